The first-order valence-corrected chi connectivity index (χ1v) is 5.73. The normalized spacial score (nSPS) is 11.9. The molecule has 4 nitrogen and oxygen atoms in total. The van der Waals surface area contributed by atoms with E-state index in [9.17, 15) is 4.79 Å². The number of nitrogens with one attached hydrogen (secondary N) is 2. The Bertz CT molecular complexity index is 366. The SMILES string of the molecule is CNc1ccccc1C(=O)NCC(C)COC. The van der Waals surface area contributed by atoms with Gasteiger partial charge in [0.2, 0.25) is 0 Å². The Morgan fingerprint density at radius 1 is 1.41 bits per heavy atom. The van der Waals surface area contributed by atoms with Crippen LogP contribution >= 0.6 is 0 Å². The number of hydrogen-bond acceptors (Lipinski definition) is 3. The first-order chi connectivity index (χ1) is 8.19. The minimum Gasteiger partial charge on any atom is -0.387 e. The van der Waals surface area contributed by atoms with Crippen molar-refractivity contribution in [1.29, 1.82) is 0 Å². The maximum Gasteiger partial charge on any atom is 0.253 e. The molecule has 1 rings (SSSR count). The zero-order valence-corrected chi connectivity index (χ0v) is 10.6. The van der Waals surface area contributed by atoms with Gasteiger partial charge in [0, 0.05) is 26.4 Å². The van der Waals surface area contributed by atoms with Gasteiger partial charge in [0.15, 0.2) is 0 Å². The summed E-state index contributed by atoms with van der Waals surface area (Å²) in [6.45, 7) is 3.30. The van der Waals surface area contributed by atoms with Crippen LogP contribution in [0.3, 0.4) is 0 Å². The van der Waals surface area contributed by atoms with Crippen molar-refractivity contribution in [2.24, 2.45) is 5.92 Å². The van der Waals surface area contributed by atoms with Crippen molar-refractivity contribution < 1.29 is 9.53 Å². The molecule has 0 aromatic heterocycles. The van der Waals surface area contributed by atoms with Gasteiger partial charge in [0.05, 0.1) is 12.2 Å². The lowest BCUT2D eigenvalue weighted by Gasteiger charge is -2.13. The van der Waals surface area contributed by atoms with Crippen molar-refractivity contribution in [1.82, 2.24) is 5.32 Å². The van der Waals surface area contributed by atoms with E-state index in [0.29, 0.717) is 24.6 Å². The predicted octanol–water partition coefficient (Wildman–Crippen LogP) is 1.74. The third kappa shape index (κ3) is 4.07. The molecular formula is C13H20N2O2. The van der Waals surface area contributed by atoms with Crippen LogP contribution in [0.5, 0.6) is 0 Å². The van der Waals surface area contributed by atoms with Crippen LogP contribution in [0.2, 0.25) is 0 Å². The Morgan fingerprint density at radius 3 is 2.76 bits per heavy atom. The Hall–Kier alpha value is -1.55. The molecule has 1 aromatic carbocycles. The van der Waals surface area contributed by atoms with Gasteiger partial charge in [0.1, 0.15) is 0 Å². The van der Waals surface area contributed by atoms with E-state index >= 15 is 0 Å². The first-order valence-electron chi connectivity index (χ1n) is 5.73. The Kier molecular flexibility index (Phi) is 5.49. The average molecular weight is 236 g/mol. The van der Waals surface area contributed by atoms with E-state index in [1.807, 2.05) is 31.2 Å². The van der Waals surface area contributed by atoms with Crippen LogP contribution in [0, 0.1) is 5.92 Å². The minimum absolute atomic E-state index is 0.0575. The molecular weight excluding hydrogens is 216 g/mol. The van der Waals surface area contributed by atoms with E-state index in [4.69, 9.17) is 4.74 Å². The van der Waals surface area contributed by atoms with Crippen LogP contribution in [-0.4, -0.2) is 33.2 Å². The Morgan fingerprint density at radius 2 is 2.12 bits per heavy atom. The second kappa shape index (κ2) is 6.91. The molecule has 1 unspecified atom stereocenters. The van der Waals surface area contributed by atoms with Crippen molar-refractivity contribution in [2.75, 3.05) is 32.6 Å². The number of para-hydroxylation sites is 1. The molecule has 0 saturated heterocycles. The highest BCUT2D eigenvalue weighted by molar-refractivity contribution is 5.99. The fraction of sp³-hybridized carbons (Fsp3) is 0.462. The molecule has 0 aliphatic rings. The summed E-state index contributed by atoms with van der Waals surface area (Å²) in [6.07, 6.45) is 0. The van der Waals surface area contributed by atoms with Crippen LogP contribution in [0.25, 0.3) is 0 Å². The van der Waals surface area contributed by atoms with Crippen LogP contribution in [0.4, 0.5) is 5.69 Å². The molecule has 1 atom stereocenters. The lowest BCUT2D eigenvalue weighted by Crippen LogP contribution is -2.30. The van der Waals surface area contributed by atoms with Crippen molar-refractivity contribution in [3.05, 3.63) is 29.8 Å². The highest BCUT2D eigenvalue weighted by Crippen LogP contribution is 2.13. The van der Waals surface area contributed by atoms with Crippen LogP contribution in [0.1, 0.15) is 17.3 Å². The number of rotatable bonds is 6. The molecule has 0 aliphatic carbocycles. The van der Waals surface area contributed by atoms with Gasteiger partial charge in [-0.05, 0) is 18.1 Å². The predicted molar refractivity (Wildman–Crippen MR) is 69.4 cm³/mol. The zero-order valence-electron chi connectivity index (χ0n) is 10.6. The number of carbonyl (C=O) groups is 1. The van der Waals surface area contributed by atoms with Crippen LogP contribution < -0.4 is 10.6 Å². The molecule has 0 heterocycles. The van der Waals surface area contributed by atoms with Crippen LogP contribution in [-0.2, 0) is 4.74 Å². The fourth-order valence-electron chi connectivity index (χ4n) is 1.60. The standard InChI is InChI=1S/C13H20N2O2/c1-10(9-17-3)8-15-13(16)11-6-4-5-7-12(11)14-2/h4-7,10,14H,8-9H2,1-3H3,(H,15,16). The molecule has 17 heavy (non-hydrogen) atoms. The van der Waals surface area contributed by atoms with Gasteiger partial charge in [-0.25, -0.2) is 0 Å². The number of anilines is 1. The first kappa shape index (κ1) is 13.5. The maximum absolute atomic E-state index is 11.9. The number of hydrogen-bond donors (Lipinski definition) is 2. The molecule has 1 amide bonds. The molecule has 0 bridgehead atoms. The Balaban J connectivity index is 2.58. The molecule has 0 saturated carbocycles. The topological polar surface area (TPSA) is 50.4 Å². The number of benzene rings is 1. The van der Waals surface area contributed by atoms with Crippen molar-refractivity contribution in [3.8, 4) is 0 Å². The minimum atomic E-state index is -0.0575. The zero-order chi connectivity index (χ0) is 12.7. The largest absolute Gasteiger partial charge is 0.387 e. The summed E-state index contributed by atoms with van der Waals surface area (Å²) in [7, 11) is 3.47. The van der Waals surface area contributed by atoms with E-state index in [1.54, 1.807) is 14.2 Å². The molecule has 0 radical (unpaired) electrons. The van der Waals surface area contributed by atoms with E-state index in [0.717, 1.165) is 5.69 Å². The summed E-state index contributed by atoms with van der Waals surface area (Å²) in [5, 5.41) is 5.90. The lowest BCUT2D eigenvalue weighted by molar-refractivity contribution is 0.0935. The monoisotopic (exact) mass is 236 g/mol. The second-order valence-corrected chi connectivity index (χ2v) is 4.07. The highest BCUT2D eigenvalue weighted by Gasteiger charge is 2.10. The van der Waals surface area contributed by atoms with Crippen molar-refractivity contribution >= 4 is 11.6 Å². The van der Waals surface area contributed by atoms with Crippen molar-refractivity contribution in [3.63, 3.8) is 0 Å². The van der Waals surface area contributed by atoms with Gasteiger partial charge in [-0.1, -0.05) is 19.1 Å². The quantitative estimate of drug-likeness (QED) is 0.791. The van der Waals surface area contributed by atoms with Gasteiger partial charge in [-0.15, -0.1) is 0 Å². The van der Waals surface area contributed by atoms with E-state index in [2.05, 4.69) is 10.6 Å². The summed E-state index contributed by atoms with van der Waals surface area (Å²) in [4.78, 5) is 11.9. The number of amides is 1. The second-order valence-electron chi connectivity index (χ2n) is 4.07. The Labute approximate surface area is 102 Å². The third-order valence-electron chi connectivity index (χ3n) is 2.50. The fourth-order valence-corrected chi connectivity index (χ4v) is 1.60. The highest BCUT2D eigenvalue weighted by atomic mass is 16.5. The number of carbonyl (C=O) groups excluding carboxylic acids is 1. The summed E-state index contributed by atoms with van der Waals surface area (Å²) in [5.41, 5.74) is 1.50. The van der Waals surface area contributed by atoms with E-state index < -0.39 is 0 Å². The third-order valence-corrected chi connectivity index (χ3v) is 2.50. The molecule has 1 aromatic rings. The summed E-state index contributed by atoms with van der Waals surface area (Å²) in [5.74, 6) is 0.253. The van der Waals surface area contributed by atoms with Gasteiger partial charge >= 0.3 is 0 Å². The number of methoxy groups -OCH3 is 1. The molecule has 0 spiro atoms. The van der Waals surface area contributed by atoms with E-state index in [1.165, 1.54) is 0 Å². The molecule has 2 N–H and O–H groups in total. The average Bonchev–Trinajstić information content (AvgIpc) is 2.36. The van der Waals surface area contributed by atoms with Gasteiger partial charge < -0.3 is 15.4 Å². The maximum atomic E-state index is 11.9. The smallest absolute Gasteiger partial charge is 0.253 e. The lowest BCUT2D eigenvalue weighted by atomic mass is 10.1. The molecule has 0 aliphatic heterocycles. The van der Waals surface area contributed by atoms with E-state index in [-0.39, 0.29) is 5.91 Å². The number of ether oxygens (including phenoxy) is 1. The van der Waals surface area contributed by atoms with Crippen molar-refractivity contribution in [2.45, 2.75) is 6.92 Å². The van der Waals surface area contributed by atoms with Crippen LogP contribution in [0.15, 0.2) is 24.3 Å². The summed E-state index contributed by atoms with van der Waals surface area (Å²) in [6, 6.07) is 7.44. The molecule has 0 fully saturated rings. The van der Waals surface area contributed by atoms with Gasteiger partial charge in [-0.2, -0.15) is 0 Å². The summed E-state index contributed by atoms with van der Waals surface area (Å²) >= 11 is 0. The summed E-state index contributed by atoms with van der Waals surface area (Å²) < 4.78 is 5.02. The molecule has 4 heteroatoms. The van der Waals surface area contributed by atoms with Gasteiger partial charge in [-0.3, -0.25) is 4.79 Å². The van der Waals surface area contributed by atoms with Gasteiger partial charge in [0.25, 0.3) is 5.91 Å². The molecule has 94 valence electrons.